The maximum absolute atomic E-state index is 5.53. The zero-order chi connectivity index (χ0) is 15.2. The lowest BCUT2D eigenvalue weighted by Gasteiger charge is -2.07. The Morgan fingerprint density at radius 2 is 1.73 bits per heavy atom. The molecule has 0 aliphatic carbocycles. The van der Waals surface area contributed by atoms with Gasteiger partial charge in [0.2, 0.25) is 0 Å². The van der Waals surface area contributed by atoms with Crippen LogP contribution in [-0.2, 0) is 6.54 Å². The van der Waals surface area contributed by atoms with Crippen LogP contribution in [0, 0.1) is 0 Å². The normalized spacial score (nSPS) is 11.1. The zero-order valence-electron chi connectivity index (χ0n) is 12.8. The summed E-state index contributed by atoms with van der Waals surface area (Å²) < 4.78 is 2.15. The van der Waals surface area contributed by atoms with Crippen molar-refractivity contribution in [3.63, 3.8) is 0 Å². The lowest BCUT2D eigenvalue weighted by Crippen LogP contribution is -2.01. The van der Waals surface area contributed by atoms with E-state index in [1.807, 2.05) is 6.33 Å². The molecule has 3 rings (SSSR count). The van der Waals surface area contributed by atoms with E-state index >= 15 is 0 Å². The number of hydrogen-bond donors (Lipinski definition) is 1. The van der Waals surface area contributed by atoms with Crippen LogP contribution in [0.3, 0.4) is 0 Å². The smallest absolute Gasteiger partial charge is 0.163 e. The first-order valence-electron chi connectivity index (χ1n) is 7.95. The van der Waals surface area contributed by atoms with E-state index in [2.05, 4.69) is 57.2 Å². The predicted octanol–water partition coefficient (Wildman–Crippen LogP) is 3.62. The second-order valence-corrected chi connectivity index (χ2v) is 5.61. The molecule has 0 saturated heterocycles. The highest BCUT2D eigenvalue weighted by atomic mass is 15.3. The molecular weight excluding hydrogens is 272 g/mol. The molecule has 1 heterocycles. The second-order valence-electron chi connectivity index (χ2n) is 5.61. The van der Waals surface area contributed by atoms with Crippen LogP contribution >= 0.6 is 0 Å². The highest BCUT2D eigenvalue weighted by Gasteiger charge is 2.07. The van der Waals surface area contributed by atoms with E-state index in [0.717, 1.165) is 37.3 Å². The Kier molecular flexibility index (Phi) is 4.81. The number of benzene rings is 2. The van der Waals surface area contributed by atoms with Gasteiger partial charge in [0.1, 0.15) is 6.33 Å². The molecule has 0 atom stereocenters. The van der Waals surface area contributed by atoms with Gasteiger partial charge in [-0.1, -0.05) is 49.2 Å². The largest absolute Gasteiger partial charge is 0.330 e. The number of nitrogens with zero attached hydrogens (tertiary/aromatic N) is 3. The minimum atomic E-state index is 0.787. The minimum Gasteiger partial charge on any atom is -0.330 e. The Morgan fingerprint density at radius 3 is 2.59 bits per heavy atom. The van der Waals surface area contributed by atoms with Gasteiger partial charge in [-0.05, 0) is 36.2 Å². The standard InChI is InChI=1S/C18H22N4/c19-11-5-1-2-6-12-22-14-20-21-18(22)17-10-9-15-7-3-4-8-16(15)13-17/h3-4,7-10,13-14H,1-2,5-6,11-12,19H2. The van der Waals surface area contributed by atoms with Crippen molar-refractivity contribution in [2.24, 2.45) is 5.73 Å². The molecule has 1 aromatic heterocycles. The van der Waals surface area contributed by atoms with Gasteiger partial charge < -0.3 is 10.3 Å². The van der Waals surface area contributed by atoms with Gasteiger partial charge in [-0.25, -0.2) is 0 Å². The molecule has 4 nitrogen and oxygen atoms in total. The van der Waals surface area contributed by atoms with Crippen LogP contribution in [0.15, 0.2) is 48.8 Å². The third-order valence-electron chi connectivity index (χ3n) is 3.98. The monoisotopic (exact) mass is 294 g/mol. The quantitative estimate of drug-likeness (QED) is 0.677. The molecule has 0 radical (unpaired) electrons. The molecule has 0 spiro atoms. The number of unbranched alkanes of at least 4 members (excludes halogenated alkanes) is 3. The molecule has 3 aromatic rings. The Labute approximate surface area is 131 Å². The van der Waals surface area contributed by atoms with E-state index in [4.69, 9.17) is 5.73 Å². The average Bonchev–Trinajstić information content (AvgIpc) is 3.03. The first-order chi connectivity index (χ1) is 10.9. The van der Waals surface area contributed by atoms with Crippen LogP contribution in [0.5, 0.6) is 0 Å². The summed E-state index contributed by atoms with van der Waals surface area (Å²) in [5.41, 5.74) is 6.65. The van der Waals surface area contributed by atoms with Gasteiger partial charge in [0, 0.05) is 12.1 Å². The SMILES string of the molecule is NCCCCCCn1cnnc1-c1ccc2ccccc2c1. The number of aromatic nitrogens is 3. The molecule has 0 saturated carbocycles. The Morgan fingerprint density at radius 1 is 0.909 bits per heavy atom. The highest BCUT2D eigenvalue weighted by molar-refractivity contribution is 5.86. The summed E-state index contributed by atoms with van der Waals surface area (Å²) in [6, 6.07) is 14.8. The molecular formula is C18H22N4. The molecule has 4 heteroatoms. The van der Waals surface area contributed by atoms with Crippen LogP contribution < -0.4 is 5.73 Å². The van der Waals surface area contributed by atoms with Gasteiger partial charge in [-0.2, -0.15) is 0 Å². The van der Waals surface area contributed by atoms with Gasteiger partial charge in [0.25, 0.3) is 0 Å². The van der Waals surface area contributed by atoms with Gasteiger partial charge in [-0.15, -0.1) is 10.2 Å². The maximum Gasteiger partial charge on any atom is 0.163 e. The first kappa shape index (κ1) is 14.7. The molecule has 0 unspecified atom stereocenters. The van der Waals surface area contributed by atoms with Crippen LogP contribution in [0.25, 0.3) is 22.2 Å². The fourth-order valence-corrected chi connectivity index (χ4v) is 2.75. The van der Waals surface area contributed by atoms with Gasteiger partial charge in [0.05, 0.1) is 0 Å². The molecule has 0 aliphatic heterocycles. The van der Waals surface area contributed by atoms with E-state index in [9.17, 15) is 0 Å². The molecule has 0 amide bonds. The molecule has 22 heavy (non-hydrogen) atoms. The van der Waals surface area contributed by atoms with Crippen molar-refractivity contribution in [1.82, 2.24) is 14.8 Å². The molecule has 2 N–H and O–H groups in total. The summed E-state index contributed by atoms with van der Waals surface area (Å²) in [6.45, 7) is 1.74. The van der Waals surface area contributed by atoms with Crippen molar-refractivity contribution in [3.05, 3.63) is 48.8 Å². The highest BCUT2D eigenvalue weighted by Crippen LogP contribution is 2.23. The van der Waals surface area contributed by atoms with Crippen LogP contribution in [-0.4, -0.2) is 21.3 Å². The summed E-state index contributed by atoms with van der Waals surface area (Å²) >= 11 is 0. The van der Waals surface area contributed by atoms with Crippen molar-refractivity contribution >= 4 is 10.8 Å². The third-order valence-corrected chi connectivity index (χ3v) is 3.98. The topological polar surface area (TPSA) is 56.7 Å². The third kappa shape index (κ3) is 3.34. The second kappa shape index (κ2) is 7.18. The molecule has 2 aromatic carbocycles. The molecule has 0 bridgehead atoms. The van der Waals surface area contributed by atoms with Crippen molar-refractivity contribution < 1.29 is 0 Å². The Balaban J connectivity index is 1.75. The van der Waals surface area contributed by atoms with Crippen LogP contribution in [0.2, 0.25) is 0 Å². The number of fused-ring (bicyclic) bond motifs is 1. The number of rotatable bonds is 7. The average molecular weight is 294 g/mol. The Hall–Kier alpha value is -2.20. The van der Waals surface area contributed by atoms with Gasteiger partial charge in [-0.3, -0.25) is 0 Å². The van der Waals surface area contributed by atoms with Crippen molar-refractivity contribution in [2.45, 2.75) is 32.2 Å². The van der Waals surface area contributed by atoms with E-state index in [1.165, 1.54) is 23.6 Å². The number of nitrogens with two attached hydrogens (primary N) is 1. The van der Waals surface area contributed by atoms with E-state index < -0.39 is 0 Å². The van der Waals surface area contributed by atoms with Crippen molar-refractivity contribution in [3.8, 4) is 11.4 Å². The van der Waals surface area contributed by atoms with E-state index in [1.54, 1.807) is 0 Å². The molecule has 0 aliphatic rings. The summed E-state index contributed by atoms with van der Waals surface area (Å²) in [4.78, 5) is 0. The number of aryl methyl sites for hydroxylation is 1. The minimum absolute atomic E-state index is 0.787. The van der Waals surface area contributed by atoms with Crippen LogP contribution in [0.4, 0.5) is 0 Å². The lowest BCUT2D eigenvalue weighted by molar-refractivity contribution is 0.576. The fourth-order valence-electron chi connectivity index (χ4n) is 2.75. The maximum atomic E-state index is 5.53. The van der Waals surface area contributed by atoms with E-state index in [0.29, 0.717) is 0 Å². The van der Waals surface area contributed by atoms with Crippen molar-refractivity contribution in [2.75, 3.05) is 6.54 Å². The summed E-state index contributed by atoms with van der Waals surface area (Å²) in [5.74, 6) is 0.949. The lowest BCUT2D eigenvalue weighted by atomic mass is 10.1. The first-order valence-corrected chi connectivity index (χ1v) is 7.95. The van der Waals surface area contributed by atoms with E-state index in [-0.39, 0.29) is 0 Å². The fraction of sp³-hybridized carbons (Fsp3) is 0.333. The number of hydrogen-bond acceptors (Lipinski definition) is 3. The molecule has 0 fully saturated rings. The van der Waals surface area contributed by atoms with Gasteiger partial charge >= 0.3 is 0 Å². The Bertz CT molecular complexity index is 733. The summed E-state index contributed by atoms with van der Waals surface area (Å²) in [5, 5.41) is 10.9. The predicted molar refractivity (Wildman–Crippen MR) is 90.5 cm³/mol. The summed E-state index contributed by atoms with van der Waals surface area (Å²) in [7, 11) is 0. The summed E-state index contributed by atoms with van der Waals surface area (Å²) in [6.07, 6.45) is 6.47. The van der Waals surface area contributed by atoms with Crippen LogP contribution in [0.1, 0.15) is 25.7 Å². The van der Waals surface area contributed by atoms with Crippen molar-refractivity contribution in [1.29, 1.82) is 0 Å². The molecule has 114 valence electrons. The van der Waals surface area contributed by atoms with Gasteiger partial charge in [0.15, 0.2) is 5.82 Å². The zero-order valence-corrected chi connectivity index (χ0v) is 12.8.